The number of aryl methyl sites for hydroxylation is 2. The first kappa shape index (κ1) is 25.1. The molecule has 9 heteroatoms. The highest BCUT2D eigenvalue weighted by Crippen LogP contribution is 2.16. The van der Waals surface area contributed by atoms with E-state index >= 15 is 0 Å². The fourth-order valence-electron chi connectivity index (χ4n) is 4.06. The Labute approximate surface area is 208 Å². The number of rotatable bonds is 8. The first-order valence-electron chi connectivity index (χ1n) is 12.1. The molecule has 0 atom stereocenters. The first-order chi connectivity index (χ1) is 17.1. The number of ketones is 1. The SMILES string of the molecule is Cc1ccc(C(=O)Cn2nc3n(CCC(C)C)c(=O)c4ccc(C(=O)NC(C)C)cc4n3c2=O)cc1. The average Bonchev–Trinajstić information content (AvgIpc) is 3.14. The molecule has 0 unspecified atom stereocenters. The molecule has 0 spiro atoms. The van der Waals surface area contributed by atoms with Gasteiger partial charge in [0.15, 0.2) is 5.78 Å². The van der Waals surface area contributed by atoms with E-state index < -0.39 is 5.69 Å². The van der Waals surface area contributed by atoms with Crippen molar-refractivity contribution in [1.29, 1.82) is 0 Å². The number of Topliss-reactive ketones (excluding diaryl/α,β-unsaturated/α-hetero) is 1. The largest absolute Gasteiger partial charge is 0.352 e. The predicted molar refractivity (Wildman–Crippen MR) is 139 cm³/mol. The lowest BCUT2D eigenvalue weighted by molar-refractivity contribution is 0.0940. The van der Waals surface area contributed by atoms with Crippen molar-refractivity contribution < 1.29 is 9.59 Å². The third-order valence-corrected chi connectivity index (χ3v) is 6.06. The summed E-state index contributed by atoms with van der Waals surface area (Å²) in [6.07, 6.45) is 0.708. The predicted octanol–water partition coefficient (Wildman–Crippen LogP) is 3.19. The second kappa shape index (κ2) is 9.93. The van der Waals surface area contributed by atoms with Crippen LogP contribution in [0.1, 0.15) is 60.4 Å². The molecular formula is C27H31N5O4. The fourth-order valence-corrected chi connectivity index (χ4v) is 4.06. The summed E-state index contributed by atoms with van der Waals surface area (Å²) >= 11 is 0. The van der Waals surface area contributed by atoms with E-state index in [0.29, 0.717) is 35.4 Å². The van der Waals surface area contributed by atoms with Gasteiger partial charge in [-0.25, -0.2) is 13.9 Å². The van der Waals surface area contributed by atoms with Crippen molar-refractivity contribution in [3.63, 3.8) is 0 Å². The van der Waals surface area contributed by atoms with Crippen LogP contribution >= 0.6 is 0 Å². The van der Waals surface area contributed by atoms with Gasteiger partial charge in [0.05, 0.1) is 10.9 Å². The van der Waals surface area contributed by atoms with Crippen molar-refractivity contribution in [1.82, 2.24) is 24.1 Å². The van der Waals surface area contributed by atoms with Crippen LogP contribution in [-0.4, -0.2) is 36.5 Å². The van der Waals surface area contributed by atoms with Crippen LogP contribution in [0.15, 0.2) is 52.1 Å². The van der Waals surface area contributed by atoms with E-state index in [2.05, 4.69) is 10.4 Å². The number of carbonyl (C=O) groups excluding carboxylic acids is 2. The molecule has 0 aliphatic carbocycles. The second-order valence-corrected chi connectivity index (χ2v) is 9.86. The zero-order valence-corrected chi connectivity index (χ0v) is 21.2. The highest BCUT2D eigenvalue weighted by molar-refractivity contribution is 5.98. The maximum Gasteiger partial charge on any atom is 0.352 e. The molecule has 0 aliphatic rings. The normalized spacial score (nSPS) is 11.6. The van der Waals surface area contributed by atoms with Crippen LogP contribution in [0.3, 0.4) is 0 Å². The Morgan fingerprint density at radius 3 is 2.28 bits per heavy atom. The third kappa shape index (κ3) is 4.86. The van der Waals surface area contributed by atoms with Crippen LogP contribution in [0.4, 0.5) is 0 Å². The van der Waals surface area contributed by atoms with E-state index in [1.54, 1.807) is 24.3 Å². The molecule has 0 aliphatic heterocycles. The number of aromatic nitrogens is 4. The van der Waals surface area contributed by atoms with Crippen LogP contribution < -0.4 is 16.6 Å². The Morgan fingerprint density at radius 2 is 1.64 bits per heavy atom. The van der Waals surface area contributed by atoms with Crippen molar-refractivity contribution in [2.45, 2.75) is 60.2 Å². The minimum atomic E-state index is -0.546. The van der Waals surface area contributed by atoms with Crippen LogP contribution in [0.2, 0.25) is 0 Å². The van der Waals surface area contributed by atoms with Gasteiger partial charge >= 0.3 is 5.69 Å². The first-order valence-corrected chi connectivity index (χ1v) is 12.1. The summed E-state index contributed by atoms with van der Waals surface area (Å²) in [4.78, 5) is 52.5. The van der Waals surface area contributed by atoms with Gasteiger partial charge in [0.25, 0.3) is 11.5 Å². The lowest BCUT2D eigenvalue weighted by atomic mass is 10.1. The van der Waals surface area contributed by atoms with E-state index in [1.165, 1.54) is 15.0 Å². The minimum Gasteiger partial charge on any atom is -0.350 e. The standard InChI is InChI=1S/C27H31N5O4/c1-16(2)12-13-30-25(35)21-11-10-20(24(34)28-17(3)4)14-22(21)32-26(30)29-31(27(32)36)15-23(33)19-8-6-18(5)7-9-19/h6-11,14,16-17H,12-13,15H2,1-5H3,(H,28,34). The Kier molecular flexibility index (Phi) is 6.92. The number of nitrogens with zero attached hydrogens (tertiary/aromatic N) is 4. The smallest absolute Gasteiger partial charge is 0.350 e. The summed E-state index contributed by atoms with van der Waals surface area (Å²) < 4.78 is 3.89. The molecule has 1 N–H and O–H groups in total. The van der Waals surface area contributed by atoms with Crippen molar-refractivity contribution in [2.75, 3.05) is 0 Å². The minimum absolute atomic E-state index is 0.0736. The fraction of sp³-hybridized carbons (Fsp3) is 0.370. The maximum atomic E-state index is 13.5. The summed E-state index contributed by atoms with van der Waals surface area (Å²) in [7, 11) is 0. The van der Waals surface area contributed by atoms with Crippen LogP contribution in [0, 0.1) is 12.8 Å². The molecule has 2 aromatic carbocycles. The molecule has 1 amide bonds. The Hall–Kier alpha value is -4.01. The van der Waals surface area contributed by atoms with Crippen molar-refractivity contribution >= 4 is 28.4 Å². The van der Waals surface area contributed by atoms with Gasteiger partial charge in [-0.05, 0) is 51.3 Å². The van der Waals surface area contributed by atoms with E-state index in [1.807, 2.05) is 46.8 Å². The Balaban J connectivity index is 1.91. The van der Waals surface area contributed by atoms with Gasteiger partial charge in [-0.15, -0.1) is 5.10 Å². The molecule has 4 rings (SSSR count). The summed E-state index contributed by atoms with van der Waals surface area (Å²) in [5.41, 5.74) is 1.26. The average molecular weight is 490 g/mol. The molecular weight excluding hydrogens is 458 g/mol. The van der Waals surface area contributed by atoms with E-state index in [-0.39, 0.29) is 41.1 Å². The number of hydrogen-bond acceptors (Lipinski definition) is 5. The Morgan fingerprint density at radius 1 is 0.972 bits per heavy atom. The number of nitrogens with one attached hydrogen (secondary N) is 1. The zero-order chi connectivity index (χ0) is 26.1. The maximum absolute atomic E-state index is 13.5. The van der Waals surface area contributed by atoms with Crippen LogP contribution in [0.25, 0.3) is 16.7 Å². The lowest BCUT2D eigenvalue weighted by Crippen LogP contribution is -2.31. The molecule has 0 saturated heterocycles. The molecule has 2 aromatic heterocycles. The quantitative estimate of drug-likeness (QED) is 0.383. The highest BCUT2D eigenvalue weighted by atomic mass is 16.2. The van der Waals surface area contributed by atoms with E-state index in [4.69, 9.17) is 0 Å². The van der Waals surface area contributed by atoms with Crippen LogP contribution in [-0.2, 0) is 13.1 Å². The zero-order valence-electron chi connectivity index (χ0n) is 21.2. The monoisotopic (exact) mass is 489 g/mol. The number of benzene rings is 2. The number of carbonyl (C=O) groups is 2. The van der Waals surface area contributed by atoms with Gasteiger partial charge < -0.3 is 5.32 Å². The molecule has 0 fully saturated rings. The van der Waals surface area contributed by atoms with Crippen molar-refractivity contribution in [3.05, 3.63) is 80.0 Å². The van der Waals surface area contributed by atoms with Gasteiger partial charge in [0.2, 0.25) is 5.78 Å². The summed E-state index contributed by atoms with van der Waals surface area (Å²) in [5.74, 6) is -0.0973. The molecule has 0 saturated carbocycles. The van der Waals surface area contributed by atoms with Gasteiger partial charge in [0.1, 0.15) is 6.54 Å². The molecule has 0 radical (unpaired) electrons. The van der Waals surface area contributed by atoms with Crippen LogP contribution in [0.5, 0.6) is 0 Å². The number of amides is 1. The lowest BCUT2D eigenvalue weighted by Gasteiger charge is -2.12. The summed E-state index contributed by atoms with van der Waals surface area (Å²) in [6, 6.07) is 11.7. The van der Waals surface area contributed by atoms with E-state index in [0.717, 1.165) is 10.2 Å². The van der Waals surface area contributed by atoms with Gasteiger partial charge in [-0.3, -0.25) is 19.0 Å². The topological polar surface area (TPSA) is 107 Å². The second-order valence-electron chi connectivity index (χ2n) is 9.86. The summed E-state index contributed by atoms with van der Waals surface area (Å²) in [6.45, 7) is 9.83. The highest BCUT2D eigenvalue weighted by Gasteiger charge is 2.20. The number of hydrogen-bond donors (Lipinski definition) is 1. The Bertz CT molecular complexity index is 1570. The van der Waals surface area contributed by atoms with Crippen molar-refractivity contribution in [2.24, 2.45) is 5.92 Å². The van der Waals surface area contributed by atoms with Gasteiger partial charge in [0, 0.05) is 23.7 Å². The number of fused-ring (bicyclic) bond motifs is 3. The summed E-state index contributed by atoms with van der Waals surface area (Å²) in [5, 5.41) is 7.54. The van der Waals surface area contributed by atoms with Crippen molar-refractivity contribution in [3.8, 4) is 0 Å². The third-order valence-electron chi connectivity index (χ3n) is 6.06. The molecule has 0 bridgehead atoms. The van der Waals surface area contributed by atoms with Gasteiger partial charge in [-0.1, -0.05) is 43.7 Å². The molecule has 9 nitrogen and oxygen atoms in total. The van der Waals surface area contributed by atoms with Gasteiger partial charge in [-0.2, -0.15) is 0 Å². The molecule has 36 heavy (non-hydrogen) atoms. The molecule has 188 valence electrons. The molecule has 2 heterocycles. The molecule has 4 aromatic rings. The van der Waals surface area contributed by atoms with E-state index in [9.17, 15) is 19.2 Å².